The molecule has 1 rings (SSSR count). The fraction of sp³-hybridized carbons (Fsp3) is 0.500. The smallest absolute Gasteiger partial charge is 0.335 e. The van der Waals surface area contributed by atoms with Crippen molar-refractivity contribution in [3.8, 4) is 0 Å². The number of anilines is 2. The highest BCUT2D eigenvalue weighted by molar-refractivity contribution is 8.00. The maximum atomic E-state index is 11.0. The number of hydrogen-bond acceptors (Lipinski definition) is 4. The van der Waals surface area contributed by atoms with E-state index in [1.165, 1.54) is 6.07 Å². The van der Waals surface area contributed by atoms with Crippen LogP contribution in [0.1, 0.15) is 37.0 Å². The predicted molar refractivity (Wildman–Crippen MR) is 83.1 cm³/mol. The van der Waals surface area contributed by atoms with Crippen molar-refractivity contribution in [3.63, 3.8) is 0 Å². The molecule has 0 bridgehead atoms. The van der Waals surface area contributed by atoms with Crippen LogP contribution in [-0.2, 0) is 0 Å². The number of carbonyl (C=O) groups is 1. The lowest BCUT2D eigenvalue weighted by Crippen LogP contribution is -2.32. The minimum Gasteiger partial charge on any atom is -0.478 e. The van der Waals surface area contributed by atoms with Gasteiger partial charge in [-0.3, -0.25) is 0 Å². The van der Waals surface area contributed by atoms with E-state index < -0.39 is 5.97 Å². The van der Waals surface area contributed by atoms with Crippen molar-refractivity contribution in [2.75, 3.05) is 23.9 Å². The summed E-state index contributed by atoms with van der Waals surface area (Å²) < 4.78 is 0.158. The molecule has 0 aliphatic carbocycles. The van der Waals surface area contributed by atoms with Gasteiger partial charge in [0.2, 0.25) is 0 Å². The Morgan fingerprint density at radius 3 is 2.53 bits per heavy atom. The van der Waals surface area contributed by atoms with Crippen LogP contribution in [0, 0.1) is 0 Å². The van der Waals surface area contributed by atoms with E-state index in [0.717, 1.165) is 19.4 Å². The fourth-order valence-corrected chi connectivity index (χ4v) is 2.75. The van der Waals surface area contributed by atoms with Gasteiger partial charge >= 0.3 is 5.97 Å². The molecule has 0 unspecified atom stereocenters. The van der Waals surface area contributed by atoms with Gasteiger partial charge in [-0.2, -0.15) is 11.8 Å². The Balaban J connectivity index is 2.87. The van der Waals surface area contributed by atoms with Crippen LogP contribution >= 0.6 is 11.8 Å². The van der Waals surface area contributed by atoms with E-state index in [1.807, 2.05) is 11.8 Å². The topological polar surface area (TPSA) is 75.3 Å². The number of nitrogens with one attached hydrogen (secondary N) is 1. The molecule has 0 heterocycles. The van der Waals surface area contributed by atoms with E-state index in [1.54, 1.807) is 12.1 Å². The second kappa shape index (κ2) is 6.70. The average molecular weight is 282 g/mol. The number of nitrogens with two attached hydrogens (primary N) is 1. The zero-order valence-electron chi connectivity index (χ0n) is 11.7. The van der Waals surface area contributed by atoms with Gasteiger partial charge in [-0.05, 0) is 37.3 Å². The van der Waals surface area contributed by atoms with Crippen molar-refractivity contribution in [3.05, 3.63) is 23.8 Å². The second-order valence-electron chi connectivity index (χ2n) is 4.55. The summed E-state index contributed by atoms with van der Waals surface area (Å²) in [6.45, 7) is 5.10. The number of nitrogen functional groups attached to an aromatic ring is 1. The van der Waals surface area contributed by atoms with Gasteiger partial charge in [0, 0.05) is 11.3 Å². The summed E-state index contributed by atoms with van der Waals surface area (Å²) in [5, 5.41) is 12.3. The fourth-order valence-electron chi connectivity index (χ4n) is 1.96. The van der Waals surface area contributed by atoms with Crippen LogP contribution in [0.4, 0.5) is 11.4 Å². The molecule has 0 saturated carbocycles. The minimum atomic E-state index is -0.940. The first kappa shape index (κ1) is 15.7. The number of aromatic carboxylic acids is 1. The average Bonchev–Trinajstić information content (AvgIpc) is 2.42. The highest BCUT2D eigenvalue weighted by Crippen LogP contribution is 2.31. The largest absolute Gasteiger partial charge is 0.478 e. The summed E-state index contributed by atoms with van der Waals surface area (Å²) in [5.74, 6) is -0.940. The van der Waals surface area contributed by atoms with Crippen molar-refractivity contribution in [2.24, 2.45) is 0 Å². The van der Waals surface area contributed by atoms with E-state index in [-0.39, 0.29) is 10.3 Å². The predicted octanol–water partition coefficient (Wildman–Crippen LogP) is 3.30. The zero-order valence-corrected chi connectivity index (χ0v) is 12.5. The van der Waals surface area contributed by atoms with E-state index in [2.05, 4.69) is 25.4 Å². The molecule has 5 heteroatoms. The SMILES string of the molecule is CCC(CC)(CNc1cc(C(=O)O)ccc1N)SC. The van der Waals surface area contributed by atoms with Gasteiger partial charge in [0.1, 0.15) is 0 Å². The van der Waals surface area contributed by atoms with Gasteiger partial charge in [0.25, 0.3) is 0 Å². The lowest BCUT2D eigenvalue weighted by Gasteiger charge is -2.30. The first-order valence-electron chi connectivity index (χ1n) is 6.40. The Hall–Kier alpha value is -1.36. The molecule has 1 aromatic rings. The minimum absolute atomic E-state index is 0.158. The quantitative estimate of drug-likeness (QED) is 0.669. The lowest BCUT2D eigenvalue weighted by molar-refractivity contribution is 0.0697. The van der Waals surface area contributed by atoms with Crippen LogP contribution in [0.25, 0.3) is 0 Å². The van der Waals surface area contributed by atoms with E-state index in [4.69, 9.17) is 10.8 Å². The molecule has 0 saturated heterocycles. The third-order valence-electron chi connectivity index (χ3n) is 3.62. The second-order valence-corrected chi connectivity index (χ2v) is 5.83. The molecule has 0 amide bonds. The Labute approximate surface area is 118 Å². The Kier molecular flexibility index (Phi) is 5.54. The van der Waals surface area contributed by atoms with Gasteiger partial charge < -0.3 is 16.2 Å². The molecule has 0 atom stereocenters. The van der Waals surface area contributed by atoms with Gasteiger partial charge in [-0.1, -0.05) is 13.8 Å². The maximum Gasteiger partial charge on any atom is 0.335 e. The highest BCUT2D eigenvalue weighted by atomic mass is 32.2. The summed E-state index contributed by atoms with van der Waals surface area (Å²) in [6.07, 6.45) is 4.21. The summed E-state index contributed by atoms with van der Waals surface area (Å²) in [7, 11) is 0. The molecule has 1 aromatic carbocycles. The van der Waals surface area contributed by atoms with Crippen LogP contribution < -0.4 is 11.1 Å². The number of carboxylic acid groups (broad SMARTS) is 1. The number of hydrogen-bond donors (Lipinski definition) is 3. The number of thioether (sulfide) groups is 1. The molecule has 0 aliphatic rings. The molecule has 19 heavy (non-hydrogen) atoms. The first-order valence-corrected chi connectivity index (χ1v) is 7.62. The van der Waals surface area contributed by atoms with Crippen molar-refractivity contribution in [1.82, 2.24) is 0 Å². The third kappa shape index (κ3) is 3.80. The number of benzene rings is 1. The van der Waals surface area contributed by atoms with Gasteiger partial charge in [-0.15, -0.1) is 0 Å². The van der Waals surface area contributed by atoms with Crippen LogP contribution in [0.15, 0.2) is 18.2 Å². The molecule has 4 N–H and O–H groups in total. The summed E-state index contributed by atoms with van der Waals surface area (Å²) in [6, 6.07) is 4.74. The van der Waals surface area contributed by atoms with Crippen LogP contribution in [0.3, 0.4) is 0 Å². The molecule has 0 aliphatic heterocycles. The van der Waals surface area contributed by atoms with E-state index >= 15 is 0 Å². The maximum absolute atomic E-state index is 11.0. The van der Waals surface area contributed by atoms with Crippen LogP contribution in [-0.4, -0.2) is 28.6 Å². The molecule has 4 nitrogen and oxygen atoms in total. The lowest BCUT2D eigenvalue weighted by atomic mass is 10.0. The van der Waals surface area contributed by atoms with E-state index in [0.29, 0.717) is 11.4 Å². The van der Waals surface area contributed by atoms with Crippen molar-refractivity contribution in [1.29, 1.82) is 0 Å². The number of rotatable bonds is 7. The number of carboxylic acids is 1. The Morgan fingerprint density at radius 1 is 1.42 bits per heavy atom. The standard InChI is InChI=1S/C14H22N2O2S/c1-4-14(5-2,19-3)9-16-12-8-10(13(17)18)6-7-11(12)15/h6-8,16H,4-5,9,15H2,1-3H3,(H,17,18). The van der Waals surface area contributed by atoms with Crippen molar-refractivity contribution < 1.29 is 9.90 Å². The zero-order chi connectivity index (χ0) is 14.5. The monoisotopic (exact) mass is 282 g/mol. The normalized spacial score (nSPS) is 11.3. The Bertz CT molecular complexity index is 437. The molecule has 0 aromatic heterocycles. The molecular formula is C14H22N2O2S. The van der Waals surface area contributed by atoms with Gasteiger partial charge in [0.05, 0.1) is 16.9 Å². The Morgan fingerprint density at radius 2 is 2.05 bits per heavy atom. The summed E-state index contributed by atoms with van der Waals surface area (Å²) in [4.78, 5) is 11.0. The molecule has 0 fully saturated rings. The molecule has 0 radical (unpaired) electrons. The van der Waals surface area contributed by atoms with Crippen molar-refractivity contribution in [2.45, 2.75) is 31.4 Å². The third-order valence-corrected chi connectivity index (χ3v) is 5.21. The first-order chi connectivity index (χ1) is 8.98. The summed E-state index contributed by atoms with van der Waals surface area (Å²) >= 11 is 1.83. The van der Waals surface area contributed by atoms with Crippen molar-refractivity contribution >= 4 is 29.1 Å². The molecule has 0 spiro atoms. The van der Waals surface area contributed by atoms with Crippen LogP contribution in [0.5, 0.6) is 0 Å². The van der Waals surface area contributed by atoms with Gasteiger partial charge in [0.15, 0.2) is 0 Å². The summed E-state index contributed by atoms with van der Waals surface area (Å²) in [5.41, 5.74) is 7.40. The van der Waals surface area contributed by atoms with Crippen LogP contribution in [0.2, 0.25) is 0 Å². The molecule has 106 valence electrons. The van der Waals surface area contributed by atoms with Gasteiger partial charge in [-0.25, -0.2) is 4.79 Å². The molecular weight excluding hydrogens is 260 g/mol. The highest BCUT2D eigenvalue weighted by Gasteiger charge is 2.24. The van der Waals surface area contributed by atoms with E-state index in [9.17, 15) is 4.79 Å².